The molecule has 5 nitrogen and oxygen atoms in total. The first kappa shape index (κ1) is 13.8. The molecule has 0 atom stereocenters. The summed E-state index contributed by atoms with van der Waals surface area (Å²) in [5.74, 6) is 1.49. The van der Waals surface area contributed by atoms with Crippen molar-refractivity contribution in [2.75, 3.05) is 19.0 Å². The number of nitrogens with zero attached hydrogens (tertiary/aromatic N) is 3. The third-order valence-corrected chi connectivity index (χ3v) is 2.97. The van der Waals surface area contributed by atoms with Crippen LogP contribution >= 0.6 is 0 Å². The van der Waals surface area contributed by atoms with Crippen molar-refractivity contribution >= 4 is 5.82 Å². The number of hydrogen-bond acceptors (Lipinski definition) is 5. The number of methoxy groups -OCH3 is 1. The Hall–Kier alpha value is -2.61. The van der Waals surface area contributed by atoms with Gasteiger partial charge >= 0.3 is 0 Å². The van der Waals surface area contributed by atoms with Gasteiger partial charge in [-0.2, -0.15) is 5.26 Å². The van der Waals surface area contributed by atoms with Gasteiger partial charge in [0, 0.05) is 5.56 Å². The van der Waals surface area contributed by atoms with E-state index in [4.69, 9.17) is 10.00 Å². The first-order valence-corrected chi connectivity index (χ1v) is 6.26. The van der Waals surface area contributed by atoms with Crippen LogP contribution in [-0.4, -0.2) is 23.9 Å². The Morgan fingerprint density at radius 3 is 2.40 bits per heavy atom. The van der Waals surface area contributed by atoms with Crippen molar-refractivity contribution in [3.63, 3.8) is 0 Å². The van der Waals surface area contributed by atoms with Crippen molar-refractivity contribution in [1.29, 1.82) is 5.26 Å². The summed E-state index contributed by atoms with van der Waals surface area (Å²) in [5, 5.41) is 19.6. The molecule has 0 aliphatic rings. The Labute approximate surface area is 118 Å². The molecule has 0 radical (unpaired) electrons. The molecule has 0 unspecified atom stereocenters. The van der Waals surface area contributed by atoms with Crippen LogP contribution in [0, 0.1) is 25.2 Å². The summed E-state index contributed by atoms with van der Waals surface area (Å²) in [6.07, 6.45) is 0. The Morgan fingerprint density at radius 1 is 1.20 bits per heavy atom. The SMILES string of the molecule is COc1c(C)cc(-c2ccc(NCC#N)nn2)cc1C. The van der Waals surface area contributed by atoms with E-state index in [0.717, 1.165) is 28.1 Å². The first-order chi connectivity index (χ1) is 9.65. The van der Waals surface area contributed by atoms with E-state index in [1.54, 1.807) is 7.11 Å². The lowest BCUT2D eigenvalue weighted by Crippen LogP contribution is -2.02. The molecule has 0 amide bonds. The molecule has 1 aromatic carbocycles. The fourth-order valence-electron chi connectivity index (χ4n) is 2.13. The zero-order valence-corrected chi connectivity index (χ0v) is 11.8. The van der Waals surface area contributed by atoms with E-state index in [1.165, 1.54) is 0 Å². The van der Waals surface area contributed by atoms with Gasteiger partial charge < -0.3 is 10.1 Å². The summed E-state index contributed by atoms with van der Waals surface area (Å²) < 4.78 is 5.35. The van der Waals surface area contributed by atoms with E-state index in [9.17, 15) is 0 Å². The Balaban J connectivity index is 2.30. The van der Waals surface area contributed by atoms with Crippen LogP contribution < -0.4 is 10.1 Å². The average molecular weight is 268 g/mol. The van der Waals surface area contributed by atoms with E-state index in [0.29, 0.717) is 5.82 Å². The average Bonchev–Trinajstić information content (AvgIpc) is 2.45. The number of nitriles is 1. The fourth-order valence-corrected chi connectivity index (χ4v) is 2.13. The Morgan fingerprint density at radius 2 is 1.90 bits per heavy atom. The molecule has 0 bridgehead atoms. The number of rotatable bonds is 4. The van der Waals surface area contributed by atoms with Crippen LogP contribution in [0.2, 0.25) is 0 Å². The first-order valence-electron chi connectivity index (χ1n) is 6.26. The largest absolute Gasteiger partial charge is 0.496 e. The lowest BCUT2D eigenvalue weighted by atomic mass is 10.0. The van der Waals surface area contributed by atoms with Crippen LogP contribution in [0.5, 0.6) is 5.75 Å². The molecule has 0 saturated carbocycles. The van der Waals surface area contributed by atoms with Crippen LogP contribution in [0.15, 0.2) is 24.3 Å². The van der Waals surface area contributed by atoms with Crippen molar-refractivity contribution in [2.45, 2.75) is 13.8 Å². The lowest BCUT2D eigenvalue weighted by molar-refractivity contribution is 0.408. The minimum absolute atomic E-state index is 0.217. The second-order valence-corrected chi connectivity index (χ2v) is 4.46. The van der Waals surface area contributed by atoms with Gasteiger partial charge in [-0.05, 0) is 49.2 Å². The summed E-state index contributed by atoms with van der Waals surface area (Å²) in [4.78, 5) is 0. The molecular weight excluding hydrogens is 252 g/mol. The Kier molecular flexibility index (Phi) is 4.16. The predicted octanol–water partition coefficient (Wildman–Crippen LogP) is 2.70. The van der Waals surface area contributed by atoms with Gasteiger partial charge in [0.15, 0.2) is 0 Å². The van der Waals surface area contributed by atoms with Gasteiger partial charge in [-0.1, -0.05) is 0 Å². The molecule has 1 aromatic heterocycles. The topological polar surface area (TPSA) is 70.8 Å². The third kappa shape index (κ3) is 2.86. The van der Waals surface area contributed by atoms with Crippen LogP contribution in [-0.2, 0) is 0 Å². The molecule has 20 heavy (non-hydrogen) atoms. The van der Waals surface area contributed by atoms with Crippen LogP contribution in [0.1, 0.15) is 11.1 Å². The monoisotopic (exact) mass is 268 g/mol. The molecule has 2 aromatic rings. The second kappa shape index (κ2) is 6.02. The van der Waals surface area contributed by atoms with Crippen LogP contribution in [0.25, 0.3) is 11.3 Å². The zero-order chi connectivity index (χ0) is 14.5. The summed E-state index contributed by atoms with van der Waals surface area (Å²) in [6.45, 7) is 4.23. The molecule has 0 fully saturated rings. The normalized spacial score (nSPS) is 9.90. The van der Waals surface area contributed by atoms with Gasteiger partial charge in [0.1, 0.15) is 18.1 Å². The standard InChI is InChI=1S/C15H16N4O/c1-10-8-12(9-11(2)15(10)20-3)13-4-5-14(19-18-13)17-7-6-16/h4-5,8-9H,7H2,1-3H3,(H,17,19). The van der Waals surface area contributed by atoms with Crippen LogP contribution in [0.3, 0.4) is 0 Å². The van der Waals surface area contributed by atoms with Gasteiger partial charge in [-0.15, -0.1) is 10.2 Å². The van der Waals surface area contributed by atoms with Gasteiger partial charge in [-0.25, -0.2) is 0 Å². The van der Waals surface area contributed by atoms with Gasteiger partial charge in [-0.3, -0.25) is 0 Å². The lowest BCUT2D eigenvalue weighted by Gasteiger charge is -2.11. The molecule has 0 aliphatic heterocycles. The minimum Gasteiger partial charge on any atom is -0.496 e. The van der Waals surface area contributed by atoms with E-state index in [2.05, 4.69) is 15.5 Å². The highest BCUT2D eigenvalue weighted by Gasteiger charge is 2.08. The number of anilines is 1. The highest BCUT2D eigenvalue weighted by atomic mass is 16.5. The molecule has 0 saturated heterocycles. The molecule has 2 rings (SSSR count). The molecule has 0 spiro atoms. The summed E-state index contributed by atoms with van der Waals surface area (Å²) in [6, 6.07) is 9.75. The second-order valence-electron chi connectivity index (χ2n) is 4.46. The van der Waals surface area contributed by atoms with Crippen molar-refractivity contribution in [3.8, 4) is 23.1 Å². The van der Waals surface area contributed by atoms with Gasteiger partial charge in [0.05, 0.1) is 18.9 Å². The maximum atomic E-state index is 8.50. The quantitative estimate of drug-likeness (QED) is 0.863. The summed E-state index contributed by atoms with van der Waals surface area (Å²) in [7, 11) is 1.67. The Bertz CT molecular complexity index is 621. The van der Waals surface area contributed by atoms with Crippen molar-refractivity contribution < 1.29 is 4.74 Å². The number of hydrogen-bond donors (Lipinski definition) is 1. The maximum Gasteiger partial charge on any atom is 0.149 e. The molecule has 5 heteroatoms. The van der Waals surface area contributed by atoms with Crippen molar-refractivity contribution in [1.82, 2.24) is 10.2 Å². The number of aromatic nitrogens is 2. The van der Waals surface area contributed by atoms with E-state index < -0.39 is 0 Å². The van der Waals surface area contributed by atoms with Crippen LogP contribution in [0.4, 0.5) is 5.82 Å². The number of ether oxygens (including phenoxy) is 1. The number of benzene rings is 1. The molecule has 0 aliphatic carbocycles. The van der Waals surface area contributed by atoms with E-state index >= 15 is 0 Å². The molecule has 102 valence electrons. The van der Waals surface area contributed by atoms with Crippen molar-refractivity contribution in [2.24, 2.45) is 0 Å². The number of aryl methyl sites for hydroxylation is 2. The van der Waals surface area contributed by atoms with Crippen molar-refractivity contribution in [3.05, 3.63) is 35.4 Å². The molecular formula is C15H16N4O. The number of nitrogens with one attached hydrogen (secondary N) is 1. The highest BCUT2D eigenvalue weighted by molar-refractivity contribution is 5.64. The zero-order valence-electron chi connectivity index (χ0n) is 11.8. The molecule has 1 heterocycles. The third-order valence-electron chi connectivity index (χ3n) is 2.97. The summed E-state index contributed by atoms with van der Waals surface area (Å²) >= 11 is 0. The smallest absolute Gasteiger partial charge is 0.149 e. The van der Waals surface area contributed by atoms with Gasteiger partial charge in [0.2, 0.25) is 0 Å². The fraction of sp³-hybridized carbons (Fsp3) is 0.267. The predicted molar refractivity (Wildman–Crippen MR) is 77.6 cm³/mol. The minimum atomic E-state index is 0.217. The van der Waals surface area contributed by atoms with E-state index in [-0.39, 0.29) is 6.54 Å². The maximum absolute atomic E-state index is 8.50. The highest BCUT2D eigenvalue weighted by Crippen LogP contribution is 2.28. The van der Waals surface area contributed by atoms with Gasteiger partial charge in [0.25, 0.3) is 0 Å². The molecule has 1 N–H and O–H groups in total. The van der Waals surface area contributed by atoms with E-state index in [1.807, 2.05) is 44.2 Å². The summed E-state index contributed by atoms with van der Waals surface area (Å²) in [5.41, 5.74) is 3.92.